The van der Waals surface area contributed by atoms with E-state index in [9.17, 15) is 4.79 Å². The van der Waals surface area contributed by atoms with Gasteiger partial charge in [0.2, 0.25) is 5.95 Å². The van der Waals surface area contributed by atoms with Crippen LogP contribution < -0.4 is 5.32 Å². The van der Waals surface area contributed by atoms with Crippen molar-refractivity contribution in [2.24, 2.45) is 0 Å². The van der Waals surface area contributed by atoms with Gasteiger partial charge in [-0.25, -0.2) is 4.98 Å². The van der Waals surface area contributed by atoms with E-state index in [1.807, 2.05) is 52.9 Å². The topological polar surface area (TPSA) is 50.2 Å². The summed E-state index contributed by atoms with van der Waals surface area (Å²) in [5, 5.41) is 3.23. The maximum absolute atomic E-state index is 12.6. The Morgan fingerprint density at radius 2 is 2.19 bits per heavy atom. The van der Waals surface area contributed by atoms with E-state index in [1.54, 1.807) is 0 Å². The highest BCUT2D eigenvalue weighted by Crippen LogP contribution is 2.16. The fraction of sp³-hybridized carbons (Fsp3) is 0.375. The maximum Gasteiger partial charge on any atom is 0.274 e. The van der Waals surface area contributed by atoms with Crippen LogP contribution in [0, 0.1) is 0 Å². The van der Waals surface area contributed by atoms with Gasteiger partial charge in [0, 0.05) is 32.4 Å². The highest BCUT2D eigenvalue weighted by Gasteiger charge is 2.20. The lowest BCUT2D eigenvalue weighted by Crippen LogP contribution is -2.30. The van der Waals surface area contributed by atoms with Crippen LogP contribution in [0.5, 0.6) is 0 Å². The van der Waals surface area contributed by atoms with Gasteiger partial charge in [0.15, 0.2) is 0 Å². The van der Waals surface area contributed by atoms with E-state index in [0.29, 0.717) is 18.8 Å². The quantitative estimate of drug-likeness (QED) is 0.937. The monoisotopic (exact) mass is 284 g/mol. The Balaban J connectivity index is 1.77. The Bertz CT molecular complexity index is 597. The summed E-state index contributed by atoms with van der Waals surface area (Å²) in [5.74, 6) is 0.797. The van der Waals surface area contributed by atoms with Crippen molar-refractivity contribution in [2.45, 2.75) is 26.4 Å². The molecule has 110 valence electrons. The van der Waals surface area contributed by atoms with E-state index in [2.05, 4.69) is 10.3 Å². The third-order valence-corrected chi connectivity index (χ3v) is 3.74. The number of aryl methyl sites for hydroxylation is 1. The molecule has 0 atom stereocenters. The van der Waals surface area contributed by atoms with Crippen molar-refractivity contribution in [3.05, 3.63) is 47.8 Å². The van der Waals surface area contributed by atoms with Crippen molar-refractivity contribution in [1.82, 2.24) is 14.5 Å². The zero-order valence-corrected chi connectivity index (χ0v) is 12.2. The van der Waals surface area contributed by atoms with Gasteiger partial charge in [0.05, 0.1) is 0 Å². The number of aromatic nitrogens is 2. The first-order valence-electron chi connectivity index (χ1n) is 7.42. The summed E-state index contributed by atoms with van der Waals surface area (Å²) in [6, 6.07) is 10.0. The van der Waals surface area contributed by atoms with Crippen LogP contribution in [0.1, 0.15) is 29.4 Å². The molecule has 0 saturated carbocycles. The second kappa shape index (κ2) is 5.99. The fourth-order valence-electron chi connectivity index (χ4n) is 2.57. The number of carbonyl (C=O) groups excluding carboxylic acids is 1. The molecule has 0 radical (unpaired) electrons. The number of fused-ring (bicyclic) bond motifs is 1. The molecular weight excluding hydrogens is 264 g/mol. The van der Waals surface area contributed by atoms with Crippen molar-refractivity contribution < 1.29 is 4.79 Å². The van der Waals surface area contributed by atoms with Gasteiger partial charge in [-0.3, -0.25) is 4.79 Å². The number of nitrogens with one attached hydrogen (secondary N) is 1. The van der Waals surface area contributed by atoms with Crippen LogP contribution in [0.25, 0.3) is 0 Å². The lowest BCUT2D eigenvalue weighted by Gasteiger charge is -2.19. The third-order valence-electron chi connectivity index (χ3n) is 3.74. The molecule has 0 fully saturated rings. The first-order chi connectivity index (χ1) is 10.3. The molecule has 5 nitrogen and oxygen atoms in total. The van der Waals surface area contributed by atoms with Gasteiger partial charge in [0.25, 0.3) is 5.91 Å². The first kappa shape index (κ1) is 13.7. The van der Waals surface area contributed by atoms with Gasteiger partial charge in [-0.1, -0.05) is 30.3 Å². The highest BCUT2D eigenvalue weighted by molar-refractivity contribution is 5.92. The molecule has 0 aliphatic carbocycles. The minimum absolute atomic E-state index is 0.00921. The fourth-order valence-corrected chi connectivity index (χ4v) is 2.57. The third kappa shape index (κ3) is 2.91. The predicted octanol–water partition coefficient (Wildman–Crippen LogP) is 2.36. The molecule has 0 saturated heterocycles. The summed E-state index contributed by atoms with van der Waals surface area (Å²) < 4.78 is 2.02. The smallest absolute Gasteiger partial charge is 0.274 e. The lowest BCUT2D eigenvalue weighted by atomic mass is 10.2. The Labute approximate surface area is 124 Å². The van der Waals surface area contributed by atoms with E-state index in [4.69, 9.17) is 0 Å². The van der Waals surface area contributed by atoms with Crippen molar-refractivity contribution >= 4 is 11.9 Å². The molecule has 1 aliphatic heterocycles. The highest BCUT2D eigenvalue weighted by atomic mass is 16.2. The standard InChI is InChI=1S/C16H20N4O/c1-2-19(11-13-7-4-3-5-8-13)15(21)14-12-20-10-6-9-17-16(20)18-14/h3-5,7-8,12H,2,6,9-11H2,1H3,(H,17,18). The molecule has 0 bridgehead atoms. The van der Waals surface area contributed by atoms with Gasteiger partial charge in [-0.15, -0.1) is 0 Å². The minimum Gasteiger partial charge on any atom is -0.356 e. The molecular formula is C16H20N4O. The number of carbonyl (C=O) groups is 1. The molecule has 1 aromatic carbocycles. The van der Waals surface area contributed by atoms with E-state index in [1.165, 1.54) is 0 Å². The van der Waals surface area contributed by atoms with E-state index < -0.39 is 0 Å². The van der Waals surface area contributed by atoms with E-state index in [0.717, 1.165) is 31.0 Å². The van der Waals surface area contributed by atoms with Crippen molar-refractivity contribution in [3.8, 4) is 0 Å². The number of hydrogen-bond donors (Lipinski definition) is 1. The molecule has 2 heterocycles. The molecule has 1 aromatic heterocycles. The first-order valence-corrected chi connectivity index (χ1v) is 7.42. The Kier molecular flexibility index (Phi) is 3.90. The number of imidazole rings is 1. The summed E-state index contributed by atoms with van der Waals surface area (Å²) in [6.07, 6.45) is 2.93. The van der Waals surface area contributed by atoms with Crippen LogP contribution in [-0.4, -0.2) is 33.4 Å². The Morgan fingerprint density at radius 1 is 1.38 bits per heavy atom. The number of nitrogens with zero attached hydrogens (tertiary/aromatic N) is 3. The Morgan fingerprint density at radius 3 is 2.90 bits per heavy atom. The van der Waals surface area contributed by atoms with Crippen molar-refractivity contribution in [3.63, 3.8) is 0 Å². The number of benzene rings is 1. The molecule has 2 aromatic rings. The van der Waals surface area contributed by atoms with Gasteiger partial charge >= 0.3 is 0 Å². The van der Waals surface area contributed by atoms with Crippen LogP contribution in [0.4, 0.5) is 5.95 Å². The van der Waals surface area contributed by atoms with Gasteiger partial charge in [-0.05, 0) is 18.9 Å². The van der Waals surface area contributed by atoms with E-state index >= 15 is 0 Å². The normalized spacial score (nSPS) is 13.4. The minimum atomic E-state index is -0.00921. The van der Waals surface area contributed by atoms with E-state index in [-0.39, 0.29) is 5.91 Å². The Hall–Kier alpha value is -2.30. The maximum atomic E-state index is 12.6. The van der Waals surface area contributed by atoms with Crippen molar-refractivity contribution in [2.75, 3.05) is 18.4 Å². The average molecular weight is 284 g/mol. The molecule has 3 rings (SSSR count). The van der Waals surface area contributed by atoms with Crippen LogP contribution in [-0.2, 0) is 13.1 Å². The number of hydrogen-bond acceptors (Lipinski definition) is 3. The number of rotatable bonds is 4. The zero-order chi connectivity index (χ0) is 14.7. The van der Waals surface area contributed by atoms with Gasteiger partial charge in [0.1, 0.15) is 5.69 Å². The summed E-state index contributed by atoms with van der Waals surface area (Å²) >= 11 is 0. The second-order valence-corrected chi connectivity index (χ2v) is 5.23. The van der Waals surface area contributed by atoms with Crippen molar-refractivity contribution in [1.29, 1.82) is 0 Å². The summed E-state index contributed by atoms with van der Waals surface area (Å²) in [5.41, 5.74) is 1.66. The van der Waals surface area contributed by atoms with Crippen LogP contribution in [0.15, 0.2) is 36.5 Å². The zero-order valence-electron chi connectivity index (χ0n) is 12.2. The second-order valence-electron chi connectivity index (χ2n) is 5.23. The predicted molar refractivity (Wildman–Crippen MR) is 82.2 cm³/mol. The molecule has 1 aliphatic rings. The van der Waals surface area contributed by atoms with Crippen LogP contribution in [0.2, 0.25) is 0 Å². The summed E-state index contributed by atoms with van der Waals surface area (Å²) in [4.78, 5) is 18.9. The summed E-state index contributed by atoms with van der Waals surface area (Å²) in [6.45, 7) is 5.13. The molecule has 0 spiro atoms. The number of anilines is 1. The molecule has 1 N–H and O–H groups in total. The molecule has 5 heteroatoms. The number of amides is 1. The summed E-state index contributed by atoms with van der Waals surface area (Å²) in [7, 11) is 0. The SMILES string of the molecule is CCN(Cc1ccccc1)C(=O)c1cn2c(n1)NCCC2. The van der Waals surface area contributed by atoms with Crippen LogP contribution >= 0.6 is 0 Å². The molecule has 21 heavy (non-hydrogen) atoms. The molecule has 0 unspecified atom stereocenters. The average Bonchev–Trinajstić information content (AvgIpc) is 2.97. The van der Waals surface area contributed by atoms with Gasteiger partial charge in [-0.2, -0.15) is 0 Å². The lowest BCUT2D eigenvalue weighted by molar-refractivity contribution is 0.0747. The van der Waals surface area contributed by atoms with Crippen LogP contribution in [0.3, 0.4) is 0 Å². The largest absolute Gasteiger partial charge is 0.356 e. The molecule has 1 amide bonds. The van der Waals surface area contributed by atoms with Gasteiger partial charge < -0.3 is 14.8 Å².